The fraction of sp³-hybridized carbons (Fsp3) is 0.632. The summed E-state index contributed by atoms with van der Waals surface area (Å²) in [6.07, 6.45) is 7.28. The zero-order valence-corrected chi connectivity index (χ0v) is 15.8. The van der Waals surface area contributed by atoms with Crippen LogP contribution in [0, 0.1) is 18.8 Å². The van der Waals surface area contributed by atoms with Gasteiger partial charge in [0.15, 0.2) is 10.9 Å². The predicted octanol–water partition coefficient (Wildman–Crippen LogP) is 4.71. The number of carbonyl (C=O) groups is 1. The third-order valence-electron chi connectivity index (χ3n) is 6.34. The zero-order chi connectivity index (χ0) is 17.7. The van der Waals surface area contributed by atoms with E-state index in [1.807, 2.05) is 17.9 Å². The number of anilines is 1. The summed E-state index contributed by atoms with van der Waals surface area (Å²) in [7, 11) is 0. The van der Waals surface area contributed by atoms with Gasteiger partial charge in [-0.1, -0.05) is 11.6 Å². The van der Waals surface area contributed by atoms with Crippen molar-refractivity contribution in [1.82, 2.24) is 15.0 Å². The number of aryl methyl sites for hydroxylation is 1. The van der Waals surface area contributed by atoms with E-state index in [9.17, 15) is 4.79 Å². The Hall–Kier alpha value is -1.89. The normalized spacial score (nSPS) is 30.3. The lowest BCUT2D eigenvalue weighted by molar-refractivity contribution is 0.195. The number of nitrogens with one attached hydrogen (secondary N) is 1. The first-order valence-electron chi connectivity index (χ1n) is 9.63. The van der Waals surface area contributed by atoms with Crippen LogP contribution in [0.5, 0.6) is 0 Å². The fourth-order valence-electron chi connectivity index (χ4n) is 5.13. The molecule has 2 bridgehead atoms. The molecule has 2 aliphatic carbocycles. The van der Waals surface area contributed by atoms with Crippen molar-refractivity contribution in [3.63, 3.8) is 0 Å². The van der Waals surface area contributed by atoms with Crippen LogP contribution in [0.15, 0.2) is 16.0 Å². The highest BCUT2D eigenvalue weighted by molar-refractivity contribution is 7.13. The Bertz CT molecular complexity index is 816. The molecule has 26 heavy (non-hydrogen) atoms. The molecule has 3 fully saturated rings. The number of fused-ring (bicyclic) bond motifs is 2. The molecule has 4 atom stereocenters. The summed E-state index contributed by atoms with van der Waals surface area (Å²) in [5.41, 5.74) is 2.03. The van der Waals surface area contributed by atoms with Gasteiger partial charge in [-0.25, -0.2) is 9.78 Å². The van der Waals surface area contributed by atoms with Crippen molar-refractivity contribution < 1.29 is 9.32 Å². The average Bonchev–Trinajstić information content (AvgIpc) is 3.42. The highest BCUT2D eigenvalue weighted by Gasteiger charge is 2.41. The second-order valence-electron chi connectivity index (χ2n) is 8.01. The monoisotopic (exact) mass is 372 g/mol. The number of hydrogen-bond acceptors (Lipinski definition) is 5. The number of nitrogens with zero attached hydrogens (tertiary/aromatic N) is 3. The molecule has 3 heterocycles. The molecular formula is C19H24N4O2S. The molecule has 2 amide bonds. The number of aromatic nitrogens is 2. The Balaban J connectivity index is 1.27. The van der Waals surface area contributed by atoms with Crippen molar-refractivity contribution in [1.29, 1.82) is 0 Å². The summed E-state index contributed by atoms with van der Waals surface area (Å²) in [6.45, 7) is 2.64. The summed E-state index contributed by atoms with van der Waals surface area (Å²) in [5.74, 6) is 3.09. The van der Waals surface area contributed by atoms with Gasteiger partial charge in [0.05, 0.1) is 17.4 Å². The zero-order valence-electron chi connectivity index (χ0n) is 15.0. The molecule has 1 N–H and O–H groups in total. The molecule has 2 saturated carbocycles. The van der Waals surface area contributed by atoms with E-state index in [1.165, 1.54) is 31.4 Å². The number of likely N-dealkylation sites (tertiary alicyclic amines) is 1. The molecule has 2 aromatic rings. The lowest BCUT2D eigenvalue weighted by Gasteiger charge is -2.22. The Morgan fingerprint density at radius 3 is 3.00 bits per heavy atom. The molecule has 3 aliphatic rings. The van der Waals surface area contributed by atoms with Crippen LogP contribution in [0.1, 0.15) is 67.6 Å². The number of urea groups is 1. The van der Waals surface area contributed by atoms with Gasteiger partial charge >= 0.3 is 6.03 Å². The van der Waals surface area contributed by atoms with E-state index >= 15 is 0 Å². The van der Waals surface area contributed by atoms with Crippen molar-refractivity contribution >= 4 is 22.5 Å². The largest absolute Gasteiger partial charge is 0.359 e. The van der Waals surface area contributed by atoms with Crippen LogP contribution >= 0.6 is 11.3 Å². The van der Waals surface area contributed by atoms with Crippen LogP contribution in [0.25, 0.3) is 0 Å². The van der Waals surface area contributed by atoms with E-state index in [0.717, 1.165) is 42.7 Å². The average molecular weight is 372 g/mol. The van der Waals surface area contributed by atoms with Crippen LogP contribution in [-0.4, -0.2) is 27.6 Å². The summed E-state index contributed by atoms with van der Waals surface area (Å²) in [5, 5.41) is 9.83. The van der Waals surface area contributed by atoms with Crippen molar-refractivity contribution in [2.75, 3.05) is 11.9 Å². The summed E-state index contributed by atoms with van der Waals surface area (Å²) < 4.78 is 5.39. The van der Waals surface area contributed by atoms with Crippen LogP contribution in [0.4, 0.5) is 9.93 Å². The summed E-state index contributed by atoms with van der Waals surface area (Å²) in [4.78, 5) is 19.4. The molecule has 5 rings (SSSR count). The van der Waals surface area contributed by atoms with Crippen molar-refractivity contribution in [3.8, 4) is 0 Å². The molecule has 1 saturated heterocycles. The van der Waals surface area contributed by atoms with Crippen molar-refractivity contribution in [3.05, 3.63) is 28.6 Å². The lowest BCUT2D eigenvalue weighted by Crippen LogP contribution is -2.34. The Kier molecular flexibility index (Phi) is 3.99. The molecule has 0 aromatic carbocycles. The minimum Gasteiger partial charge on any atom is -0.359 e. The lowest BCUT2D eigenvalue weighted by atomic mass is 9.87. The third-order valence-corrected chi connectivity index (χ3v) is 7.12. The number of carbonyl (C=O) groups excluding carboxylic acids is 1. The van der Waals surface area contributed by atoms with Gasteiger partial charge < -0.3 is 9.42 Å². The maximum absolute atomic E-state index is 12.8. The topological polar surface area (TPSA) is 71.3 Å². The van der Waals surface area contributed by atoms with Gasteiger partial charge in [0.1, 0.15) is 0 Å². The molecule has 0 spiro atoms. The van der Waals surface area contributed by atoms with E-state index in [4.69, 9.17) is 9.51 Å². The van der Waals surface area contributed by atoms with E-state index < -0.39 is 0 Å². The number of rotatable bonds is 3. The molecule has 7 heteroatoms. The van der Waals surface area contributed by atoms with Gasteiger partial charge in [-0.15, -0.1) is 11.3 Å². The van der Waals surface area contributed by atoms with E-state index in [-0.39, 0.29) is 12.1 Å². The molecule has 2 aromatic heterocycles. The maximum Gasteiger partial charge on any atom is 0.324 e. The van der Waals surface area contributed by atoms with Crippen LogP contribution in [0.2, 0.25) is 0 Å². The summed E-state index contributed by atoms with van der Waals surface area (Å²) >= 11 is 1.55. The second kappa shape index (κ2) is 6.37. The molecule has 6 nitrogen and oxygen atoms in total. The molecule has 0 radical (unpaired) electrons. The van der Waals surface area contributed by atoms with Gasteiger partial charge in [-0.2, -0.15) is 0 Å². The summed E-state index contributed by atoms with van der Waals surface area (Å²) in [6, 6.07) is 1.81. The van der Waals surface area contributed by atoms with E-state index in [2.05, 4.69) is 15.9 Å². The standard InChI is InChI=1S/C19H24N4O2S/c1-11-7-17(25-22-11)16-3-2-6-23(16)19(24)21-18-20-15(10-26-18)14-9-12-4-5-13(14)8-12/h7,10,12-14,16H,2-6,8-9H2,1H3,(H,20,21,24). The number of amides is 2. The molecule has 1 aliphatic heterocycles. The van der Waals surface area contributed by atoms with Gasteiger partial charge in [0.2, 0.25) is 0 Å². The van der Waals surface area contributed by atoms with Crippen LogP contribution in [0.3, 0.4) is 0 Å². The molecule has 4 unspecified atom stereocenters. The quantitative estimate of drug-likeness (QED) is 0.847. The number of thiazole rings is 1. The highest BCUT2D eigenvalue weighted by atomic mass is 32.1. The minimum atomic E-state index is -0.0876. The third kappa shape index (κ3) is 2.82. The Labute approximate surface area is 157 Å². The first-order chi connectivity index (χ1) is 12.7. The van der Waals surface area contributed by atoms with Crippen LogP contribution < -0.4 is 5.32 Å². The Morgan fingerprint density at radius 2 is 2.27 bits per heavy atom. The van der Waals surface area contributed by atoms with Crippen molar-refractivity contribution in [2.24, 2.45) is 11.8 Å². The minimum absolute atomic E-state index is 0.0267. The van der Waals surface area contributed by atoms with Gasteiger partial charge in [-0.3, -0.25) is 5.32 Å². The smallest absolute Gasteiger partial charge is 0.324 e. The van der Waals surface area contributed by atoms with E-state index in [1.54, 1.807) is 11.3 Å². The van der Waals surface area contributed by atoms with Crippen molar-refractivity contribution in [2.45, 2.75) is 57.4 Å². The highest BCUT2D eigenvalue weighted by Crippen LogP contribution is 2.53. The first kappa shape index (κ1) is 16.3. The Morgan fingerprint density at radius 1 is 1.35 bits per heavy atom. The SMILES string of the molecule is Cc1cc(C2CCCN2C(=O)Nc2nc(C3CC4CCC3C4)cs2)on1. The van der Waals surface area contributed by atoms with Gasteiger partial charge in [-0.05, 0) is 50.9 Å². The predicted molar refractivity (Wildman–Crippen MR) is 99.2 cm³/mol. The fourth-order valence-corrected chi connectivity index (χ4v) is 5.89. The first-order valence-corrected chi connectivity index (χ1v) is 10.5. The van der Waals surface area contributed by atoms with E-state index in [0.29, 0.717) is 11.0 Å². The number of hydrogen-bond donors (Lipinski definition) is 1. The second-order valence-corrected chi connectivity index (χ2v) is 8.87. The maximum atomic E-state index is 12.8. The van der Waals surface area contributed by atoms with Crippen LogP contribution in [-0.2, 0) is 0 Å². The molecule has 138 valence electrons. The molecular weight excluding hydrogens is 348 g/mol. The van der Waals surface area contributed by atoms with Gasteiger partial charge in [0.25, 0.3) is 0 Å². The van der Waals surface area contributed by atoms with Gasteiger partial charge in [0, 0.05) is 23.9 Å².